The van der Waals surface area contributed by atoms with Crippen LogP contribution in [0.3, 0.4) is 0 Å². The molecular weight excluding hydrogens is 359 g/mol. The van der Waals surface area contributed by atoms with Crippen LogP contribution in [0.2, 0.25) is 10.0 Å². The molecule has 0 aliphatic heterocycles. The van der Waals surface area contributed by atoms with Crippen molar-refractivity contribution >= 4 is 29.1 Å². The molecule has 0 aliphatic rings. The van der Waals surface area contributed by atoms with Crippen LogP contribution in [0.15, 0.2) is 55.1 Å². The average Bonchev–Trinajstić information content (AvgIpc) is 3.13. The fourth-order valence-corrected chi connectivity index (χ4v) is 3.03. The Morgan fingerprint density at radius 1 is 1.16 bits per heavy atom. The van der Waals surface area contributed by atoms with E-state index >= 15 is 0 Å². The van der Waals surface area contributed by atoms with Crippen LogP contribution in [0, 0.1) is 0 Å². The van der Waals surface area contributed by atoms with Gasteiger partial charge in [0.2, 0.25) is 5.91 Å². The number of amides is 1. The first-order valence-corrected chi connectivity index (χ1v) is 8.47. The summed E-state index contributed by atoms with van der Waals surface area (Å²) in [5.41, 5.74) is 2.53. The lowest BCUT2D eigenvalue weighted by Gasteiger charge is -2.15. The van der Waals surface area contributed by atoms with Crippen LogP contribution in [-0.4, -0.2) is 20.7 Å². The van der Waals surface area contributed by atoms with Gasteiger partial charge in [0.25, 0.3) is 0 Å². The molecule has 0 aliphatic carbocycles. The van der Waals surface area contributed by atoms with Gasteiger partial charge in [-0.1, -0.05) is 41.4 Å². The highest BCUT2D eigenvalue weighted by Gasteiger charge is 2.14. The standard InChI is InChI=1S/C18H16Cl2N4O/c1-12(13-5-7-14(8-6-13)24-11-21-10-22-24)23-18(25)9-15-16(19)3-2-4-17(15)20/h2-8,10-12H,9H2,1H3,(H,23,25). The monoisotopic (exact) mass is 374 g/mol. The zero-order valence-corrected chi connectivity index (χ0v) is 15.0. The van der Waals surface area contributed by atoms with E-state index < -0.39 is 0 Å². The second-order valence-electron chi connectivity index (χ2n) is 5.60. The lowest BCUT2D eigenvalue weighted by molar-refractivity contribution is -0.121. The zero-order chi connectivity index (χ0) is 17.8. The van der Waals surface area contributed by atoms with Gasteiger partial charge in [-0.15, -0.1) is 0 Å². The smallest absolute Gasteiger partial charge is 0.225 e. The first kappa shape index (κ1) is 17.5. The van der Waals surface area contributed by atoms with E-state index in [1.165, 1.54) is 6.33 Å². The van der Waals surface area contributed by atoms with Gasteiger partial charge in [-0.3, -0.25) is 4.79 Å². The van der Waals surface area contributed by atoms with E-state index in [1.54, 1.807) is 29.2 Å². The molecule has 0 spiro atoms. The van der Waals surface area contributed by atoms with Crippen molar-refractivity contribution in [3.8, 4) is 5.69 Å². The highest BCUT2D eigenvalue weighted by molar-refractivity contribution is 6.36. The summed E-state index contributed by atoms with van der Waals surface area (Å²) in [5, 5.41) is 8.03. The van der Waals surface area contributed by atoms with E-state index in [0.29, 0.717) is 15.6 Å². The molecule has 1 heterocycles. The Kier molecular flexibility index (Phi) is 5.36. The van der Waals surface area contributed by atoms with Crippen LogP contribution in [0.1, 0.15) is 24.1 Å². The Balaban J connectivity index is 1.65. The van der Waals surface area contributed by atoms with Crippen LogP contribution < -0.4 is 5.32 Å². The van der Waals surface area contributed by atoms with Crippen molar-refractivity contribution < 1.29 is 4.79 Å². The number of halogens is 2. The number of nitrogens with zero attached hydrogens (tertiary/aromatic N) is 3. The molecule has 3 aromatic rings. The first-order valence-electron chi connectivity index (χ1n) is 7.72. The molecule has 0 radical (unpaired) electrons. The molecule has 128 valence electrons. The molecule has 0 saturated carbocycles. The normalized spacial score (nSPS) is 12.0. The highest BCUT2D eigenvalue weighted by atomic mass is 35.5. The zero-order valence-electron chi connectivity index (χ0n) is 13.5. The van der Waals surface area contributed by atoms with Crippen LogP contribution >= 0.6 is 23.2 Å². The van der Waals surface area contributed by atoms with Gasteiger partial charge in [0.15, 0.2) is 0 Å². The molecule has 1 aromatic heterocycles. The fourth-order valence-electron chi connectivity index (χ4n) is 2.49. The minimum atomic E-state index is -0.140. The minimum absolute atomic E-state index is 0.136. The van der Waals surface area contributed by atoms with Gasteiger partial charge in [0.1, 0.15) is 12.7 Å². The summed E-state index contributed by atoms with van der Waals surface area (Å²) in [6, 6.07) is 12.8. The van der Waals surface area contributed by atoms with E-state index in [0.717, 1.165) is 11.3 Å². The lowest BCUT2D eigenvalue weighted by atomic mass is 10.1. The van der Waals surface area contributed by atoms with Crippen LogP contribution in [0.5, 0.6) is 0 Å². The Morgan fingerprint density at radius 3 is 2.44 bits per heavy atom. The first-order chi connectivity index (χ1) is 12.0. The molecule has 1 unspecified atom stereocenters. The summed E-state index contributed by atoms with van der Waals surface area (Å²) >= 11 is 12.2. The fraction of sp³-hybridized carbons (Fsp3) is 0.167. The summed E-state index contributed by atoms with van der Waals surface area (Å²) in [7, 11) is 0. The third kappa shape index (κ3) is 4.18. The van der Waals surface area contributed by atoms with Crippen LogP contribution in [-0.2, 0) is 11.2 Å². The third-order valence-corrected chi connectivity index (χ3v) is 4.56. The van der Waals surface area contributed by atoms with Crippen molar-refractivity contribution in [3.05, 3.63) is 76.3 Å². The Hall–Kier alpha value is -2.37. The number of hydrogen-bond acceptors (Lipinski definition) is 3. The van der Waals surface area contributed by atoms with Crippen molar-refractivity contribution in [1.82, 2.24) is 20.1 Å². The third-order valence-electron chi connectivity index (χ3n) is 3.85. The van der Waals surface area contributed by atoms with Gasteiger partial charge in [-0.25, -0.2) is 9.67 Å². The van der Waals surface area contributed by atoms with Crippen molar-refractivity contribution in [2.45, 2.75) is 19.4 Å². The number of hydrogen-bond donors (Lipinski definition) is 1. The summed E-state index contributed by atoms with van der Waals surface area (Å²) < 4.78 is 1.67. The van der Waals surface area contributed by atoms with Crippen molar-refractivity contribution in [1.29, 1.82) is 0 Å². The number of carbonyl (C=O) groups is 1. The number of aromatic nitrogens is 3. The molecule has 25 heavy (non-hydrogen) atoms. The van der Waals surface area contributed by atoms with Crippen molar-refractivity contribution in [3.63, 3.8) is 0 Å². The second-order valence-corrected chi connectivity index (χ2v) is 6.41. The van der Waals surface area contributed by atoms with Gasteiger partial charge >= 0.3 is 0 Å². The Bertz CT molecular complexity index is 843. The largest absolute Gasteiger partial charge is 0.349 e. The molecule has 3 rings (SSSR count). The number of nitrogens with one attached hydrogen (secondary N) is 1. The van der Waals surface area contributed by atoms with Gasteiger partial charge in [-0.2, -0.15) is 5.10 Å². The molecule has 1 atom stereocenters. The van der Waals surface area contributed by atoms with E-state index in [1.807, 2.05) is 31.2 Å². The predicted octanol–water partition coefficient (Wildman–Crippen LogP) is 3.99. The minimum Gasteiger partial charge on any atom is -0.349 e. The SMILES string of the molecule is CC(NC(=O)Cc1c(Cl)cccc1Cl)c1ccc(-n2cncn2)cc1. The van der Waals surface area contributed by atoms with Crippen LogP contribution in [0.4, 0.5) is 0 Å². The predicted molar refractivity (Wildman–Crippen MR) is 98.1 cm³/mol. The van der Waals surface area contributed by atoms with Crippen molar-refractivity contribution in [2.75, 3.05) is 0 Å². The molecule has 1 amide bonds. The number of benzene rings is 2. The summed E-state index contributed by atoms with van der Waals surface area (Å²) in [4.78, 5) is 16.2. The Labute approximate surface area is 155 Å². The molecule has 5 nitrogen and oxygen atoms in total. The molecule has 1 N–H and O–H groups in total. The maximum atomic E-state index is 12.3. The van der Waals surface area contributed by atoms with Gasteiger partial charge < -0.3 is 5.32 Å². The second kappa shape index (κ2) is 7.68. The van der Waals surface area contributed by atoms with Gasteiger partial charge in [0.05, 0.1) is 18.2 Å². The quantitative estimate of drug-likeness (QED) is 0.734. The van der Waals surface area contributed by atoms with E-state index in [9.17, 15) is 4.79 Å². The maximum Gasteiger partial charge on any atom is 0.225 e. The maximum absolute atomic E-state index is 12.3. The number of carbonyl (C=O) groups excluding carboxylic acids is 1. The molecule has 0 bridgehead atoms. The highest BCUT2D eigenvalue weighted by Crippen LogP contribution is 2.25. The van der Waals surface area contributed by atoms with Gasteiger partial charge in [0, 0.05) is 10.0 Å². The summed E-state index contributed by atoms with van der Waals surface area (Å²) in [6.07, 6.45) is 3.25. The number of rotatable bonds is 5. The average molecular weight is 375 g/mol. The van der Waals surface area contributed by atoms with Crippen molar-refractivity contribution in [2.24, 2.45) is 0 Å². The van der Waals surface area contributed by atoms with Crippen LogP contribution in [0.25, 0.3) is 5.69 Å². The molecule has 7 heteroatoms. The van der Waals surface area contributed by atoms with E-state index in [-0.39, 0.29) is 18.4 Å². The van der Waals surface area contributed by atoms with Gasteiger partial charge in [-0.05, 0) is 42.3 Å². The molecular formula is C18H16Cl2N4O. The summed E-state index contributed by atoms with van der Waals surface area (Å²) in [6.45, 7) is 1.93. The molecule has 2 aromatic carbocycles. The molecule has 0 fully saturated rings. The topological polar surface area (TPSA) is 59.8 Å². The lowest BCUT2D eigenvalue weighted by Crippen LogP contribution is -2.28. The molecule has 0 saturated heterocycles. The van der Waals surface area contributed by atoms with E-state index in [4.69, 9.17) is 23.2 Å². The van der Waals surface area contributed by atoms with E-state index in [2.05, 4.69) is 15.4 Å². The Morgan fingerprint density at radius 2 is 1.84 bits per heavy atom. The summed E-state index contributed by atoms with van der Waals surface area (Å²) in [5.74, 6) is -0.136.